The zero-order valence-corrected chi connectivity index (χ0v) is 40.1. The van der Waals surface area contributed by atoms with Crippen molar-refractivity contribution in [3.63, 3.8) is 0 Å². The van der Waals surface area contributed by atoms with E-state index in [2.05, 4.69) is 20.8 Å². The second-order valence-corrected chi connectivity index (χ2v) is 18.2. The lowest BCUT2D eigenvalue weighted by molar-refractivity contribution is -0.167. The molecule has 0 aromatic carbocycles. The van der Waals surface area contributed by atoms with Crippen LogP contribution < -0.4 is 0 Å². The SMILES string of the molecule is CCCCCCCCCCCCCCCCCCCCCC(=O)OCC(COC(=O)CCCCCCCCCCC)OC(=O)CCCCCCCCCCCCCCC. The van der Waals surface area contributed by atoms with Gasteiger partial charge in [-0.2, -0.15) is 0 Å². The average molecular weight is 835 g/mol. The fraction of sp³-hybridized carbons (Fsp3) is 0.943. The van der Waals surface area contributed by atoms with E-state index < -0.39 is 6.10 Å². The molecule has 0 aliphatic rings. The summed E-state index contributed by atoms with van der Waals surface area (Å²) < 4.78 is 16.8. The first-order valence-electron chi connectivity index (χ1n) is 26.5. The minimum Gasteiger partial charge on any atom is -0.462 e. The molecule has 0 spiro atoms. The molecule has 1 unspecified atom stereocenters. The Morgan fingerprint density at radius 1 is 0.271 bits per heavy atom. The summed E-state index contributed by atoms with van der Waals surface area (Å²) in [6, 6.07) is 0. The van der Waals surface area contributed by atoms with Crippen LogP contribution in [0.15, 0.2) is 0 Å². The van der Waals surface area contributed by atoms with Gasteiger partial charge < -0.3 is 14.2 Å². The van der Waals surface area contributed by atoms with Crippen LogP contribution in [-0.2, 0) is 28.6 Å². The Balaban J connectivity index is 4.20. The summed E-state index contributed by atoms with van der Waals surface area (Å²) in [5.74, 6) is -0.843. The molecule has 6 heteroatoms. The van der Waals surface area contributed by atoms with Gasteiger partial charge in [-0.1, -0.05) is 265 Å². The molecule has 0 saturated heterocycles. The third-order valence-electron chi connectivity index (χ3n) is 12.1. The van der Waals surface area contributed by atoms with Crippen LogP contribution in [0.4, 0.5) is 0 Å². The minimum atomic E-state index is -0.759. The van der Waals surface area contributed by atoms with E-state index in [0.717, 1.165) is 57.8 Å². The normalized spacial score (nSPS) is 11.8. The predicted molar refractivity (Wildman–Crippen MR) is 252 cm³/mol. The summed E-state index contributed by atoms with van der Waals surface area (Å²) in [5, 5.41) is 0. The molecule has 0 aromatic heterocycles. The zero-order chi connectivity index (χ0) is 43.0. The van der Waals surface area contributed by atoms with Crippen LogP contribution in [-0.4, -0.2) is 37.2 Å². The van der Waals surface area contributed by atoms with Crippen molar-refractivity contribution in [1.29, 1.82) is 0 Å². The van der Waals surface area contributed by atoms with Crippen molar-refractivity contribution in [2.45, 2.75) is 309 Å². The number of hydrogen-bond acceptors (Lipinski definition) is 6. The van der Waals surface area contributed by atoms with E-state index in [0.29, 0.717) is 19.3 Å². The lowest BCUT2D eigenvalue weighted by Crippen LogP contribution is -2.30. The Kier molecular flexibility index (Phi) is 47.7. The van der Waals surface area contributed by atoms with Crippen molar-refractivity contribution in [3.05, 3.63) is 0 Å². The maximum absolute atomic E-state index is 12.8. The van der Waals surface area contributed by atoms with Gasteiger partial charge >= 0.3 is 17.9 Å². The topological polar surface area (TPSA) is 78.9 Å². The lowest BCUT2D eigenvalue weighted by Gasteiger charge is -2.18. The third-order valence-corrected chi connectivity index (χ3v) is 12.1. The van der Waals surface area contributed by atoms with Gasteiger partial charge in [0.25, 0.3) is 0 Å². The summed E-state index contributed by atoms with van der Waals surface area (Å²) >= 11 is 0. The van der Waals surface area contributed by atoms with Gasteiger partial charge in [0.05, 0.1) is 0 Å². The highest BCUT2D eigenvalue weighted by atomic mass is 16.6. The number of carbonyl (C=O) groups is 3. The number of rotatable bonds is 49. The molecule has 0 aliphatic heterocycles. The molecule has 0 bridgehead atoms. The van der Waals surface area contributed by atoms with Gasteiger partial charge in [-0.05, 0) is 19.3 Å². The summed E-state index contributed by atoms with van der Waals surface area (Å²) in [4.78, 5) is 37.9. The predicted octanol–water partition coefficient (Wildman–Crippen LogP) is 17.2. The van der Waals surface area contributed by atoms with Crippen LogP contribution in [0.2, 0.25) is 0 Å². The lowest BCUT2D eigenvalue weighted by atomic mass is 10.0. The number of carbonyl (C=O) groups excluding carboxylic acids is 3. The number of hydrogen-bond donors (Lipinski definition) is 0. The second kappa shape index (κ2) is 49.1. The van der Waals surface area contributed by atoms with Crippen LogP contribution in [0.3, 0.4) is 0 Å². The summed E-state index contributed by atoms with van der Waals surface area (Å²) in [6.45, 7) is 6.67. The van der Waals surface area contributed by atoms with Crippen LogP contribution in [0.5, 0.6) is 0 Å². The Bertz CT molecular complexity index is 874. The molecule has 0 saturated carbocycles. The molecule has 0 fully saturated rings. The third kappa shape index (κ3) is 47.3. The van der Waals surface area contributed by atoms with Gasteiger partial charge in [-0.15, -0.1) is 0 Å². The molecule has 1 atom stereocenters. The van der Waals surface area contributed by atoms with Crippen LogP contribution in [0, 0.1) is 0 Å². The van der Waals surface area contributed by atoms with Crippen molar-refractivity contribution in [2.75, 3.05) is 13.2 Å². The van der Waals surface area contributed by atoms with Crippen molar-refractivity contribution >= 4 is 17.9 Å². The molecular weight excluding hydrogens is 733 g/mol. The van der Waals surface area contributed by atoms with Gasteiger partial charge in [0.2, 0.25) is 0 Å². The first kappa shape index (κ1) is 57.4. The number of unbranched alkanes of at least 4 members (excludes halogenated alkanes) is 38. The van der Waals surface area contributed by atoms with Crippen molar-refractivity contribution < 1.29 is 28.6 Å². The molecule has 6 nitrogen and oxygen atoms in total. The molecule has 0 amide bonds. The molecule has 0 heterocycles. The molecule has 0 aromatic rings. The average Bonchev–Trinajstić information content (AvgIpc) is 3.23. The number of esters is 3. The molecule has 350 valence electrons. The van der Waals surface area contributed by atoms with Gasteiger partial charge in [0.15, 0.2) is 6.10 Å². The second-order valence-electron chi connectivity index (χ2n) is 18.2. The molecule has 0 aliphatic carbocycles. The maximum atomic E-state index is 12.8. The fourth-order valence-electron chi connectivity index (χ4n) is 8.09. The highest BCUT2D eigenvalue weighted by Crippen LogP contribution is 2.17. The highest BCUT2D eigenvalue weighted by Gasteiger charge is 2.19. The van der Waals surface area contributed by atoms with Crippen molar-refractivity contribution in [2.24, 2.45) is 0 Å². The first-order chi connectivity index (χ1) is 29.0. The molecule has 59 heavy (non-hydrogen) atoms. The van der Waals surface area contributed by atoms with E-state index in [1.54, 1.807) is 0 Å². The van der Waals surface area contributed by atoms with Gasteiger partial charge in [0.1, 0.15) is 13.2 Å². The Hall–Kier alpha value is -1.59. The highest BCUT2D eigenvalue weighted by molar-refractivity contribution is 5.71. The Morgan fingerprint density at radius 3 is 0.678 bits per heavy atom. The summed E-state index contributed by atoms with van der Waals surface area (Å²) in [7, 11) is 0. The fourth-order valence-corrected chi connectivity index (χ4v) is 8.09. The van der Waals surface area contributed by atoms with Crippen LogP contribution in [0.1, 0.15) is 303 Å². The Labute approximate surface area is 368 Å². The molecule has 0 N–H and O–H groups in total. The standard InChI is InChI=1S/C53H102O6/c1-4-7-10-13-16-19-21-23-24-25-26-27-28-30-31-34-37-40-43-46-52(55)58-49-50(48-57-51(54)45-42-39-36-33-18-15-12-9-6-3)59-53(56)47-44-41-38-35-32-29-22-20-17-14-11-8-5-2/h50H,4-49H2,1-3H3. The van der Waals surface area contributed by atoms with E-state index in [1.165, 1.54) is 205 Å². The van der Waals surface area contributed by atoms with Gasteiger partial charge in [-0.25, -0.2) is 0 Å². The number of ether oxygens (including phenoxy) is 3. The van der Waals surface area contributed by atoms with Crippen LogP contribution >= 0.6 is 0 Å². The summed E-state index contributed by atoms with van der Waals surface area (Å²) in [5.41, 5.74) is 0. The molecule has 0 rings (SSSR count). The van der Waals surface area contributed by atoms with E-state index in [-0.39, 0.29) is 31.1 Å². The van der Waals surface area contributed by atoms with Gasteiger partial charge in [-0.3, -0.25) is 14.4 Å². The van der Waals surface area contributed by atoms with Gasteiger partial charge in [0, 0.05) is 19.3 Å². The van der Waals surface area contributed by atoms with E-state index in [1.807, 2.05) is 0 Å². The van der Waals surface area contributed by atoms with Crippen molar-refractivity contribution in [3.8, 4) is 0 Å². The first-order valence-corrected chi connectivity index (χ1v) is 26.5. The van der Waals surface area contributed by atoms with Crippen LogP contribution in [0.25, 0.3) is 0 Å². The van der Waals surface area contributed by atoms with E-state index >= 15 is 0 Å². The molecule has 0 radical (unpaired) electrons. The Morgan fingerprint density at radius 2 is 0.458 bits per heavy atom. The maximum Gasteiger partial charge on any atom is 0.306 e. The largest absolute Gasteiger partial charge is 0.462 e. The monoisotopic (exact) mass is 835 g/mol. The smallest absolute Gasteiger partial charge is 0.306 e. The zero-order valence-electron chi connectivity index (χ0n) is 40.1. The van der Waals surface area contributed by atoms with E-state index in [4.69, 9.17) is 14.2 Å². The molecular formula is C53H102O6. The van der Waals surface area contributed by atoms with E-state index in [9.17, 15) is 14.4 Å². The quantitative estimate of drug-likeness (QED) is 0.0345. The minimum absolute atomic E-state index is 0.0619. The van der Waals surface area contributed by atoms with Crippen molar-refractivity contribution in [1.82, 2.24) is 0 Å². The summed E-state index contributed by atoms with van der Waals surface area (Å²) in [6.07, 6.45) is 52.4.